The number of carbonyl (C=O) groups is 2. The second kappa shape index (κ2) is 16.3. The molecule has 3 N–H and O–H groups in total. The summed E-state index contributed by atoms with van der Waals surface area (Å²) in [7, 11) is 1.60. The summed E-state index contributed by atoms with van der Waals surface area (Å²) >= 11 is 0. The SMILES string of the molecule is C=C/C(=C\N(C)N)c1cnc(N(Cc2cc(C(F)(F)F)cc(C(F)(F)F)c2)C2C[C@@H](CC)N(C(=O)OC3CCC(C(=O)O)CC3)[C@@H](CC)C2)nc1. The van der Waals surface area contributed by atoms with Crippen molar-refractivity contribution in [2.45, 2.75) is 108 Å². The number of rotatable bonds is 11. The van der Waals surface area contributed by atoms with Crippen LogP contribution in [0, 0.1) is 5.92 Å². The highest BCUT2D eigenvalue weighted by Gasteiger charge is 2.42. The molecule has 2 heterocycles. The van der Waals surface area contributed by atoms with E-state index < -0.39 is 53.6 Å². The van der Waals surface area contributed by atoms with Crippen molar-refractivity contribution in [2.75, 3.05) is 11.9 Å². The predicted octanol–water partition coefficient (Wildman–Crippen LogP) is 7.65. The number of nitrogens with zero attached hydrogens (tertiary/aromatic N) is 5. The summed E-state index contributed by atoms with van der Waals surface area (Å²) < 4.78 is 88.8. The summed E-state index contributed by atoms with van der Waals surface area (Å²) in [5.74, 6) is 4.48. The highest BCUT2D eigenvalue weighted by molar-refractivity contribution is 5.72. The first-order valence-electron chi connectivity index (χ1n) is 16.9. The standard InChI is InChI=1S/C35H44F6N6O4/c1-5-22(20-45(4)42)24-17-43-32(44-18-24)46(19-21-12-25(34(36,37)38)14-26(13-21)35(39,40)41)29-15-27(6-2)47(28(7-3)16-29)33(50)51-30-10-8-23(9-11-30)31(48)49/h5,12-14,17-18,20,23,27-30H,1,6-11,15-16,19,42H2,2-4H3,(H,48,49)/b22-20+/t23?,27-,28+,29?,30?. The quantitative estimate of drug-likeness (QED) is 0.104. The molecule has 1 unspecified atom stereocenters. The van der Waals surface area contributed by atoms with E-state index in [1.807, 2.05) is 13.8 Å². The van der Waals surface area contributed by atoms with Gasteiger partial charge in [-0.05, 0) is 75.1 Å². The van der Waals surface area contributed by atoms with Crippen LogP contribution in [-0.2, 0) is 28.4 Å². The number of benzene rings is 1. The summed E-state index contributed by atoms with van der Waals surface area (Å²) in [4.78, 5) is 37.3. The van der Waals surface area contributed by atoms with E-state index in [9.17, 15) is 41.0 Å². The van der Waals surface area contributed by atoms with Crippen LogP contribution in [-0.4, -0.2) is 68.3 Å². The lowest BCUT2D eigenvalue weighted by Gasteiger charge is -2.47. The van der Waals surface area contributed by atoms with Crippen LogP contribution in [0.2, 0.25) is 0 Å². The summed E-state index contributed by atoms with van der Waals surface area (Å²) in [6.45, 7) is 7.16. The molecule has 1 saturated carbocycles. The number of halogens is 6. The van der Waals surface area contributed by atoms with Gasteiger partial charge in [0.25, 0.3) is 0 Å². The van der Waals surface area contributed by atoms with Gasteiger partial charge in [0.05, 0.1) is 17.0 Å². The first-order valence-corrected chi connectivity index (χ1v) is 16.9. The number of hydrogen-bond acceptors (Lipinski definition) is 8. The zero-order valence-corrected chi connectivity index (χ0v) is 28.8. The molecule has 1 aromatic heterocycles. The molecule has 2 fully saturated rings. The van der Waals surface area contributed by atoms with Crippen LogP contribution in [0.5, 0.6) is 0 Å². The molecule has 4 rings (SSSR count). The molecule has 0 spiro atoms. The molecular weight excluding hydrogens is 682 g/mol. The highest BCUT2D eigenvalue weighted by atomic mass is 19.4. The number of amides is 1. The largest absolute Gasteiger partial charge is 0.481 e. The third-order valence-corrected chi connectivity index (χ3v) is 9.55. The van der Waals surface area contributed by atoms with Crippen molar-refractivity contribution in [1.82, 2.24) is 19.9 Å². The number of aromatic nitrogens is 2. The molecule has 16 heteroatoms. The lowest BCUT2D eigenvalue weighted by molar-refractivity contribution is -0.144. The number of likely N-dealkylation sites (tertiary alicyclic amines) is 1. The normalized spacial score (nSPS) is 23.1. The number of carboxylic acids is 1. The Bertz CT molecular complexity index is 1510. The molecule has 10 nitrogen and oxygen atoms in total. The number of alkyl halides is 6. The molecule has 1 aliphatic heterocycles. The smallest absolute Gasteiger partial charge is 0.416 e. The van der Waals surface area contributed by atoms with Crippen molar-refractivity contribution in [1.29, 1.82) is 0 Å². The minimum Gasteiger partial charge on any atom is -0.481 e. The molecule has 1 saturated heterocycles. The van der Waals surface area contributed by atoms with Gasteiger partial charge < -0.3 is 24.7 Å². The van der Waals surface area contributed by atoms with E-state index in [0.717, 1.165) is 0 Å². The van der Waals surface area contributed by atoms with Crippen LogP contribution in [0.3, 0.4) is 0 Å². The van der Waals surface area contributed by atoms with Crippen LogP contribution in [0.1, 0.15) is 87.5 Å². The van der Waals surface area contributed by atoms with Gasteiger partial charge in [0.15, 0.2) is 0 Å². The fraction of sp³-hybridized carbons (Fsp3) is 0.543. The lowest BCUT2D eigenvalue weighted by atomic mass is 9.87. The maximum atomic E-state index is 13.8. The molecule has 0 radical (unpaired) electrons. The molecule has 3 atom stereocenters. The maximum Gasteiger partial charge on any atom is 0.416 e. The second-order valence-corrected chi connectivity index (χ2v) is 13.1. The van der Waals surface area contributed by atoms with Gasteiger partial charge in [-0.15, -0.1) is 0 Å². The van der Waals surface area contributed by atoms with Crippen molar-refractivity contribution >= 4 is 23.6 Å². The minimum atomic E-state index is -5.03. The summed E-state index contributed by atoms with van der Waals surface area (Å²) in [5, 5.41) is 10.6. The van der Waals surface area contributed by atoms with Crippen molar-refractivity contribution in [3.05, 3.63) is 71.7 Å². The number of carboxylic acid groups (broad SMARTS) is 1. The number of aliphatic carboxylic acids is 1. The number of allylic oxidation sites excluding steroid dienone is 2. The zero-order chi connectivity index (χ0) is 37.7. The van der Waals surface area contributed by atoms with Crippen LogP contribution in [0.4, 0.5) is 37.1 Å². The first kappa shape index (κ1) is 39.4. The van der Waals surface area contributed by atoms with Gasteiger partial charge in [0.1, 0.15) is 6.10 Å². The van der Waals surface area contributed by atoms with Gasteiger partial charge in [0, 0.05) is 61.4 Å². The van der Waals surface area contributed by atoms with Gasteiger partial charge in [0.2, 0.25) is 5.95 Å². The van der Waals surface area contributed by atoms with E-state index in [4.69, 9.17) is 10.6 Å². The molecular formula is C35H44F6N6O4. The number of nitrogens with two attached hydrogens (primary N) is 1. The van der Waals surface area contributed by atoms with Gasteiger partial charge >= 0.3 is 24.4 Å². The number of piperidine rings is 1. The summed E-state index contributed by atoms with van der Waals surface area (Å²) in [6, 6.07) is 0.227. The molecule has 1 aromatic carbocycles. The fourth-order valence-corrected chi connectivity index (χ4v) is 6.91. The van der Waals surface area contributed by atoms with Gasteiger partial charge in [-0.25, -0.2) is 20.6 Å². The Morgan fingerprint density at radius 3 is 1.94 bits per heavy atom. The Kier molecular flexibility index (Phi) is 12.6. The third kappa shape index (κ3) is 9.92. The van der Waals surface area contributed by atoms with E-state index in [2.05, 4.69) is 16.5 Å². The Hall–Kier alpha value is -4.34. The second-order valence-electron chi connectivity index (χ2n) is 13.1. The van der Waals surface area contributed by atoms with E-state index in [0.29, 0.717) is 74.6 Å². The van der Waals surface area contributed by atoms with E-state index >= 15 is 0 Å². The molecule has 1 amide bonds. The summed E-state index contributed by atoms with van der Waals surface area (Å²) in [6.07, 6.45) is -1.72. The molecule has 2 aromatic rings. The minimum absolute atomic E-state index is 0.0789. The Balaban J connectivity index is 1.70. The number of hydrazine groups is 1. The van der Waals surface area contributed by atoms with E-state index in [1.165, 1.54) is 23.5 Å². The van der Waals surface area contributed by atoms with Crippen molar-refractivity contribution in [3.63, 3.8) is 0 Å². The average molecular weight is 727 g/mol. The predicted molar refractivity (Wildman–Crippen MR) is 178 cm³/mol. The highest BCUT2D eigenvalue weighted by Crippen LogP contribution is 2.39. The van der Waals surface area contributed by atoms with E-state index in [-0.39, 0.29) is 36.2 Å². The number of carbonyl (C=O) groups excluding carboxylic acids is 1. The van der Waals surface area contributed by atoms with Crippen LogP contribution < -0.4 is 10.7 Å². The van der Waals surface area contributed by atoms with Crippen molar-refractivity contribution in [3.8, 4) is 0 Å². The molecule has 51 heavy (non-hydrogen) atoms. The van der Waals surface area contributed by atoms with Gasteiger partial charge in [-0.2, -0.15) is 26.3 Å². The number of hydrogen-bond donors (Lipinski definition) is 2. The first-order chi connectivity index (χ1) is 23.9. The number of ether oxygens (including phenoxy) is 1. The van der Waals surface area contributed by atoms with Crippen LogP contribution in [0.25, 0.3) is 5.57 Å². The lowest BCUT2D eigenvalue weighted by Crippen LogP contribution is -2.57. The Labute approximate surface area is 292 Å². The molecule has 280 valence electrons. The van der Waals surface area contributed by atoms with Crippen LogP contribution in [0.15, 0.2) is 49.4 Å². The fourth-order valence-electron chi connectivity index (χ4n) is 6.91. The van der Waals surface area contributed by atoms with E-state index in [1.54, 1.807) is 23.0 Å². The number of anilines is 1. The molecule has 0 bridgehead atoms. The van der Waals surface area contributed by atoms with Gasteiger partial charge in [-0.3, -0.25) is 4.79 Å². The molecule has 1 aliphatic carbocycles. The monoisotopic (exact) mass is 726 g/mol. The summed E-state index contributed by atoms with van der Waals surface area (Å²) in [5.41, 5.74) is -1.99. The van der Waals surface area contributed by atoms with Crippen molar-refractivity contribution < 1.29 is 45.8 Å². The Morgan fingerprint density at radius 1 is 0.980 bits per heavy atom. The topological polar surface area (TPSA) is 125 Å². The average Bonchev–Trinajstić information content (AvgIpc) is 3.08. The Morgan fingerprint density at radius 2 is 1.51 bits per heavy atom. The molecule has 2 aliphatic rings. The zero-order valence-electron chi connectivity index (χ0n) is 28.8. The maximum absolute atomic E-state index is 13.8. The third-order valence-electron chi connectivity index (χ3n) is 9.55. The van der Waals surface area contributed by atoms with Crippen LogP contribution >= 0.6 is 0 Å². The van der Waals surface area contributed by atoms with Crippen molar-refractivity contribution in [2.24, 2.45) is 11.8 Å². The van der Waals surface area contributed by atoms with Gasteiger partial charge in [-0.1, -0.05) is 26.5 Å².